The minimum absolute atomic E-state index is 0.0275. The molecule has 2 amide bonds. The highest BCUT2D eigenvalue weighted by Gasteiger charge is 2.17. The first-order valence-corrected chi connectivity index (χ1v) is 10.5. The Morgan fingerprint density at radius 2 is 1.44 bits per heavy atom. The quantitative estimate of drug-likeness (QED) is 0.475. The van der Waals surface area contributed by atoms with Crippen molar-refractivity contribution in [3.8, 4) is 5.75 Å². The predicted octanol–water partition coefficient (Wildman–Crippen LogP) is 5.30. The van der Waals surface area contributed by atoms with Crippen LogP contribution < -0.4 is 20.7 Å². The fourth-order valence-corrected chi connectivity index (χ4v) is 3.32. The van der Waals surface area contributed by atoms with E-state index in [2.05, 4.69) is 42.8 Å². The van der Waals surface area contributed by atoms with Gasteiger partial charge in [-0.2, -0.15) is 0 Å². The van der Waals surface area contributed by atoms with Gasteiger partial charge in [-0.15, -0.1) is 0 Å². The molecule has 0 aliphatic carbocycles. The summed E-state index contributed by atoms with van der Waals surface area (Å²) in [5, 5.41) is 8.90. The summed E-state index contributed by atoms with van der Waals surface area (Å²) in [6, 6.07) is 22.0. The summed E-state index contributed by atoms with van der Waals surface area (Å²) in [7, 11) is 1.55. The number of benzene rings is 3. The zero-order valence-corrected chi connectivity index (χ0v) is 18.9. The van der Waals surface area contributed by atoms with Crippen LogP contribution in [0.2, 0.25) is 0 Å². The molecular weight excluding hydrogens is 402 g/mol. The van der Waals surface area contributed by atoms with Crippen LogP contribution in [0.25, 0.3) is 0 Å². The van der Waals surface area contributed by atoms with E-state index in [4.69, 9.17) is 4.74 Å². The Labute approximate surface area is 189 Å². The second kappa shape index (κ2) is 10.0. The molecule has 32 heavy (non-hydrogen) atoms. The van der Waals surface area contributed by atoms with Crippen LogP contribution in [-0.2, 0) is 10.2 Å². The second-order valence-corrected chi connectivity index (χ2v) is 8.43. The van der Waals surface area contributed by atoms with Crippen molar-refractivity contribution in [3.63, 3.8) is 0 Å². The van der Waals surface area contributed by atoms with Gasteiger partial charge in [0.1, 0.15) is 5.75 Å². The monoisotopic (exact) mass is 431 g/mol. The maximum Gasteiger partial charge on any atom is 0.255 e. The Morgan fingerprint density at radius 3 is 2.09 bits per heavy atom. The summed E-state index contributed by atoms with van der Waals surface area (Å²) in [5.74, 6) is 0.165. The number of rotatable bonds is 7. The van der Waals surface area contributed by atoms with E-state index in [-0.39, 0.29) is 23.8 Å². The lowest BCUT2D eigenvalue weighted by molar-refractivity contribution is -0.114. The maximum absolute atomic E-state index is 12.5. The normalized spacial score (nSPS) is 10.9. The van der Waals surface area contributed by atoms with Gasteiger partial charge in [-0.25, -0.2) is 0 Å². The maximum atomic E-state index is 12.5. The number of hydrogen-bond donors (Lipinski definition) is 3. The van der Waals surface area contributed by atoms with E-state index in [0.29, 0.717) is 22.7 Å². The Morgan fingerprint density at radius 1 is 0.812 bits per heavy atom. The lowest BCUT2D eigenvalue weighted by Gasteiger charge is -2.23. The van der Waals surface area contributed by atoms with Crippen molar-refractivity contribution in [2.45, 2.75) is 26.2 Å². The Bertz CT molecular complexity index is 1090. The molecule has 0 fully saturated rings. The fraction of sp³-hybridized carbons (Fsp3) is 0.231. The van der Waals surface area contributed by atoms with Gasteiger partial charge in [-0.1, -0.05) is 51.1 Å². The van der Waals surface area contributed by atoms with Crippen LogP contribution in [0.1, 0.15) is 36.7 Å². The molecule has 6 heteroatoms. The molecule has 6 nitrogen and oxygen atoms in total. The summed E-state index contributed by atoms with van der Waals surface area (Å²) in [4.78, 5) is 24.9. The van der Waals surface area contributed by atoms with Crippen LogP contribution >= 0.6 is 0 Å². The molecular formula is C26H29N3O3. The Balaban J connectivity index is 1.58. The van der Waals surface area contributed by atoms with Crippen LogP contribution in [0.4, 0.5) is 17.1 Å². The number of carbonyl (C=O) groups is 2. The SMILES string of the molecule is COc1ccccc1NC(=O)c1ccc(NC(=O)CNc2ccccc2C(C)(C)C)cc1. The van der Waals surface area contributed by atoms with Crippen molar-refractivity contribution in [2.24, 2.45) is 0 Å². The van der Waals surface area contributed by atoms with Gasteiger partial charge in [-0.3, -0.25) is 9.59 Å². The highest BCUT2D eigenvalue weighted by atomic mass is 16.5. The summed E-state index contributed by atoms with van der Waals surface area (Å²) < 4.78 is 5.26. The van der Waals surface area contributed by atoms with Crippen molar-refractivity contribution < 1.29 is 14.3 Å². The van der Waals surface area contributed by atoms with Gasteiger partial charge >= 0.3 is 0 Å². The van der Waals surface area contributed by atoms with E-state index >= 15 is 0 Å². The fourth-order valence-electron chi connectivity index (χ4n) is 3.32. The molecule has 0 saturated heterocycles. The molecule has 166 valence electrons. The number of ether oxygens (including phenoxy) is 1. The van der Waals surface area contributed by atoms with Crippen LogP contribution in [0.15, 0.2) is 72.8 Å². The molecule has 0 atom stereocenters. The van der Waals surface area contributed by atoms with E-state index in [1.807, 2.05) is 30.3 Å². The molecule has 0 aliphatic heterocycles. The Kier molecular flexibility index (Phi) is 7.15. The van der Waals surface area contributed by atoms with Crippen LogP contribution in [0.5, 0.6) is 5.75 Å². The third-order valence-electron chi connectivity index (χ3n) is 4.96. The average molecular weight is 432 g/mol. The number of nitrogens with one attached hydrogen (secondary N) is 3. The minimum atomic E-state index is -0.257. The first kappa shape index (κ1) is 22.9. The molecule has 3 rings (SSSR count). The molecule has 0 aliphatic rings. The van der Waals surface area contributed by atoms with Crippen molar-refractivity contribution in [3.05, 3.63) is 83.9 Å². The molecule has 3 aromatic carbocycles. The second-order valence-electron chi connectivity index (χ2n) is 8.43. The van der Waals surface area contributed by atoms with Gasteiger partial charge in [0, 0.05) is 16.9 Å². The van der Waals surface area contributed by atoms with Gasteiger partial charge in [-0.05, 0) is 53.4 Å². The van der Waals surface area contributed by atoms with E-state index < -0.39 is 0 Å². The first-order chi connectivity index (χ1) is 15.3. The molecule has 0 aromatic heterocycles. The molecule has 0 radical (unpaired) electrons. The third-order valence-corrected chi connectivity index (χ3v) is 4.96. The van der Waals surface area contributed by atoms with Gasteiger partial charge in [0.15, 0.2) is 0 Å². The number of hydrogen-bond acceptors (Lipinski definition) is 4. The average Bonchev–Trinajstić information content (AvgIpc) is 2.78. The predicted molar refractivity (Wildman–Crippen MR) is 130 cm³/mol. The molecule has 0 bridgehead atoms. The highest BCUT2D eigenvalue weighted by molar-refractivity contribution is 6.05. The van der Waals surface area contributed by atoms with Gasteiger partial charge in [0.2, 0.25) is 5.91 Å². The lowest BCUT2D eigenvalue weighted by atomic mass is 9.86. The zero-order valence-electron chi connectivity index (χ0n) is 18.9. The number of anilines is 3. The largest absolute Gasteiger partial charge is 0.495 e. The highest BCUT2D eigenvalue weighted by Crippen LogP contribution is 2.29. The van der Waals surface area contributed by atoms with Gasteiger partial charge in [0.05, 0.1) is 19.3 Å². The number of para-hydroxylation sites is 3. The van der Waals surface area contributed by atoms with Crippen LogP contribution in [0.3, 0.4) is 0 Å². The number of methoxy groups -OCH3 is 1. The van der Waals surface area contributed by atoms with Crippen LogP contribution in [0, 0.1) is 0 Å². The smallest absolute Gasteiger partial charge is 0.255 e. The third kappa shape index (κ3) is 5.88. The Hall–Kier alpha value is -3.80. The summed E-state index contributed by atoms with van der Waals surface area (Å²) in [6.07, 6.45) is 0. The first-order valence-electron chi connectivity index (χ1n) is 10.5. The van der Waals surface area contributed by atoms with E-state index in [1.54, 1.807) is 43.5 Å². The standard InChI is InChI=1S/C26H29N3O3/c1-26(2,3)20-9-5-6-10-21(20)27-17-24(30)28-19-15-13-18(14-16-19)25(31)29-22-11-7-8-12-23(22)32-4/h5-16,27H,17H2,1-4H3,(H,28,30)(H,29,31). The van der Waals surface area contributed by atoms with Crippen molar-refractivity contribution in [1.29, 1.82) is 0 Å². The molecule has 3 aromatic rings. The molecule has 3 N–H and O–H groups in total. The summed E-state index contributed by atoms with van der Waals surface area (Å²) in [5.41, 5.74) is 3.76. The van der Waals surface area contributed by atoms with Gasteiger partial charge in [0.25, 0.3) is 5.91 Å². The summed E-state index contributed by atoms with van der Waals surface area (Å²) in [6.45, 7) is 6.56. The number of carbonyl (C=O) groups excluding carboxylic acids is 2. The van der Waals surface area contributed by atoms with Crippen LogP contribution in [-0.4, -0.2) is 25.5 Å². The topological polar surface area (TPSA) is 79.5 Å². The van der Waals surface area contributed by atoms with Crippen molar-refractivity contribution >= 4 is 28.9 Å². The van der Waals surface area contributed by atoms with E-state index in [1.165, 1.54) is 0 Å². The van der Waals surface area contributed by atoms with Crippen molar-refractivity contribution in [1.82, 2.24) is 0 Å². The molecule has 0 spiro atoms. The van der Waals surface area contributed by atoms with E-state index in [9.17, 15) is 9.59 Å². The van der Waals surface area contributed by atoms with Crippen molar-refractivity contribution in [2.75, 3.05) is 29.6 Å². The number of amides is 2. The molecule has 0 heterocycles. The van der Waals surface area contributed by atoms with E-state index in [0.717, 1.165) is 11.3 Å². The minimum Gasteiger partial charge on any atom is -0.495 e. The molecule has 0 unspecified atom stereocenters. The zero-order chi connectivity index (χ0) is 23.1. The molecule has 0 saturated carbocycles. The summed E-state index contributed by atoms with van der Waals surface area (Å²) >= 11 is 0. The lowest BCUT2D eigenvalue weighted by Crippen LogP contribution is -2.23. The van der Waals surface area contributed by atoms with Gasteiger partial charge < -0.3 is 20.7 Å².